The molecular formula is C27H43N3O3. The largest absolute Gasteiger partial charge is 0.464 e. The third-order valence-corrected chi connectivity index (χ3v) is 4.17. The van der Waals surface area contributed by atoms with Gasteiger partial charge in [-0.1, -0.05) is 93.7 Å². The number of carbonyl (C=O) groups is 2. The number of rotatable bonds is 18. The van der Waals surface area contributed by atoms with Crippen molar-refractivity contribution in [3.05, 3.63) is 72.9 Å². The number of carbonyl (C=O) groups excluding carboxylic acids is 1. The van der Waals surface area contributed by atoms with Crippen molar-refractivity contribution in [1.29, 1.82) is 0 Å². The number of amides is 2. The molecule has 0 bridgehead atoms. The standard InChI is InChI=1S/C27H43N3O3/c1-4-5-6-7-8-9-10-11-12-13-14-15-16-17-18-19-20-21-22-23-26(31)28-30(24-25(2)3)29-27(32)33/h5-6,8-9,11-12,14-15,17-18,20-21,25,29H,4,7,10,13,16,19,22-24H2,1-3H3,(H,28,31)(H,32,33)/b6-5-,9-8-,12-11-,15-14-,18-17-,21-20-. The molecular weight excluding hydrogens is 414 g/mol. The van der Waals surface area contributed by atoms with Crippen LogP contribution in [0.4, 0.5) is 4.79 Å². The molecule has 0 unspecified atom stereocenters. The monoisotopic (exact) mass is 457 g/mol. The summed E-state index contributed by atoms with van der Waals surface area (Å²) in [6.07, 6.45) is 31.2. The third-order valence-electron chi connectivity index (χ3n) is 4.17. The quantitative estimate of drug-likeness (QED) is 0.159. The van der Waals surface area contributed by atoms with E-state index < -0.39 is 6.09 Å². The second-order valence-electron chi connectivity index (χ2n) is 7.91. The Morgan fingerprint density at radius 2 is 1.15 bits per heavy atom. The first-order chi connectivity index (χ1) is 16.0. The first kappa shape index (κ1) is 30.1. The zero-order valence-corrected chi connectivity index (χ0v) is 20.6. The number of hydrazine groups is 2. The first-order valence-corrected chi connectivity index (χ1v) is 11.9. The van der Waals surface area contributed by atoms with Crippen LogP contribution in [0.25, 0.3) is 0 Å². The normalized spacial score (nSPS) is 12.8. The van der Waals surface area contributed by atoms with Crippen LogP contribution in [0.5, 0.6) is 0 Å². The molecule has 2 amide bonds. The van der Waals surface area contributed by atoms with Crippen molar-refractivity contribution in [2.24, 2.45) is 5.92 Å². The van der Waals surface area contributed by atoms with E-state index >= 15 is 0 Å². The van der Waals surface area contributed by atoms with E-state index in [0.29, 0.717) is 19.4 Å². The predicted molar refractivity (Wildman–Crippen MR) is 138 cm³/mol. The summed E-state index contributed by atoms with van der Waals surface area (Å²) in [5.41, 5.74) is 4.76. The van der Waals surface area contributed by atoms with E-state index in [9.17, 15) is 9.59 Å². The van der Waals surface area contributed by atoms with Crippen LogP contribution < -0.4 is 10.9 Å². The Morgan fingerprint density at radius 3 is 1.55 bits per heavy atom. The van der Waals surface area contributed by atoms with Gasteiger partial charge >= 0.3 is 6.09 Å². The van der Waals surface area contributed by atoms with Gasteiger partial charge in [-0.15, -0.1) is 5.12 Å². The van der Waals surface area contributed by atoms with Gasteiger partial charge in [-0.2, -0.15) is 0 Å². The van der Waals surface area contributed by atoms with Gasteiger partial charge in [0.2, 0.25) is 5.91 Å². The summed E-state index contributed by atoms with van der Waals surface area (Å²) >= 11 is 0. The molecule has 6 heteroatoms. The molecule has 6 nitrogen and oxygen atoms in total. The summed E-state index contributed by atoms with van der Waals surface area (Å²) in [5, 5.41) is 10.0. The Hall–Kier alpha value is -2.86. The van der Waals surface area contributed by atoms with E-state index in [1.807, 2.05) is 26.0 Å². The van der Waals surface area contributed by atoms with Crippen LogP contribution in [-0.2, 0) is 4.79 Å². The fraction of sp³-hybridized carbons (Fsp3) is 0.481. The fourth-order valence-corrected chi connectivity index (χ4v) is 2.66. The van der Waals surface area contributed by atoms with Crippen molar-refractivity contribution in [3.63, 3.8) is 0 Å². The molecule has 0 atom stereocenters. The Labute approximate surface area is 200 Å². The van der Waals surface area contributed by atoms with Gasteiger partial charge in [0.15, 0.2) is 0 Å². The van der Waals surface area contributed by atoms with Crippen molar-refractivity contribution in [2.45, 2.75) is 72.1 Å². The first-order valence-electron chi connectivity index (χ1n) is 11.9. The summed E-state index contributed by atoms with van der Waals surface area (Å²) in [5.74, 6) is -0.00977. The molecule has 0 aliphatic carbocycles. The minimum atomic E-state index is -1.20. The average molecular weight is 458 g/mol. The van der Waals surface area contributed by atoms with Crippen LogP contribution in [0.2, 0.25) is 0 Å². The highest BCUT2D eigenvalue weighted by Gasteiger charge is 2.12. The highest BCUT2D eigenvalue weighted by atomic mass is 16.4. The van der Waals surface area contributed by atoms with Crippen LogP contribution in [0.15, 0.2) is 72.9 Å². The molecule has 0 aromatic carbocycles. The van der Waals surface area contributed by atoms with Crippen LogP contribution in [0.3, 0.4) is 0 Å². The number of nitrogens with one attached hydrogen (secondary N) is 2. The summed E-state index contributed by atoms with van der Waals surface area (Å²) in [6.45, 7) is 6.43. The lowest BCUT2D eigenvalue weighted by atomic mass is 10.2. The van der Waals surface area contributed by atoms with Gasteiger partial charge in [0.25, 0.3) is 0 Å². The van der Waals surface area contributed by atoms with Gasteiger partial charge < -0.3 is 5.11 Å². The minimum Gasteiger partial charge on any atom is -0.464 e. The molecule has 0 spiro atoms. The molecule has 0 radical (unpaired) electrons. The Balaban J connectivity index is 3.83. The summed E-state index contributed by atoms with van der Waals surface area (Å²) < 4.78 is 0. The highest BCUT2D eigenvalue weighted by molar-refractivity contribution is 5.75. The number of allylic oxidation sites excluding steroid dienone is 12. The van der Waals surface area contributed by atoms with E-state index in [4.69, 9.17) is 5.11 Å². The van der Waals surface area contributed by atoms with Crippen molar-refractivity contribution in [2.75, 3.05) is 6.54 Å². The molecule has 0 fully saturated rings. The van der Waals surface area contributed by atoms with Crippen molar-refractivity contribution >= 4 is 12.0 Å². The molecule has 0 rings (SSSR count). The molecule has 3 N–H and O–H groups in total. The van der Waals surface area contributed by atoms with E-state index in [2.05, 4.69) is 78.5 Å². The molecule has 0 aliphatic rings. The lowest BCUT2D eigenvalue weighted by molar-refractivity contribution is -0.127. The van der Waals surface area contributed by atoms with Gasteiger partial charge in [0.05, 0.1) is 0 Å². The molecule has 0 saturated carbocycles. The van der Waals surface area contributed by atoms with Crippen LogP contribution >= 0.6 is 0 Å². The summed E-state index contributed by atoms with van der Waals surface area (Å²) in [7, 11) is 0. The van der Waals surface area contributed by atoms with Gasteiger partial charge in [0, 0.05) is 13.0 Å². The van der Waals surface area contributed by atoms with Crippen LogP contribution in [-0.4, -0.2) is 28.8 Å². The van der Waals surface area contributed by atoms with Gasteiger partial charge in [-0.05, 0) is 50.9 Å². The summed E-state index contributed by atoms with van der Waals surface area (Å²) in [6, 6.07) is 0. The molecule has 33 heavy (non-hydrogen) atoms. The van der Waals surface area contributed by atoms with Gasteiger partial charge in [0.1, 0.15) is 0 Å². The second kappa shape index (κ2) is 22.3. The van der Waals surface area contributed by atoms with Gasteiger partial charge in [-0.3, -0.25) is 10.2 Å². The minimum absolute atomic E-state index is 0.209. The maximum absolute atomic E-state index is 11.9. The molecule has 0 aliphatic heterocycles. The zero-order valence-electron chi connectivity index (χ0n) is 20.6. The maximum Gasteiger partial charge on any atom is 0.420 e. The second-order valence-corrected chi connectivity index (χ2v) is 7.91. The highest BCUT2D eigenvalue weighted by Crippen LogP contribution is 1.99. The topological polar surface area (TPSA) is 81.7 Å². The smallest absolute Gasteiger partial charge is 0.420 e. The SMILES string of the molecule is CC/C=C\C/C=C\C/C=C\C/C=C\C/C=C\C/C=C\CCC(=O)NN(CC(C)C)NC(=O)O. The predicted octanol–water partition coefficient (Wildman–Crippen LogP) is 6.64. The Morgan fingerprint density at radius 1 is 0.727 bits per heavy atom. The van der Waals surface area contributed by atoms with E-state index in [-0.39, 0.29) is 11.8 Å². The molecule has 0 aromatic rings. The molecule has 0 heterocycles. The summed E-state index contributed by atoms with van der Waals surface area (Å²) in [4.78, 5) is 22.7. The molecule has 0 aromatic heterocycles. The Kier molecular flexibility index (Phi) is 20.4. The van der Waals surface area contributed by atoms with Gasteiger partial charge in [-0.25, -0.2) is 10.2 Å². The van der Waals surface area contributed by atoms with Crippen LogP contribution in [0.1, 0.15) is 72.1 Å². The van der Waals surface area contributed by atoms with Crippen molar-refractivity contribution in [1.82, 2.24) is 16.0 Å². The number of hydrogen-bond acceptors (Lipinski definition) is 3. The van der Waals surface area contributed by atoms with E-state index in [1.165, 1.54) is 5.12 Å². The van der Waals surface area contributed by atoms with E-state index in [1.54, 1.807) is 0 Å². The van der Waals surface area contributed by atoms with Crippen LogP contribution in [0, 0.1) is 5.92 Å². The lowest BCUT2D eigenvalue weighted by Crippen LogP contribution is -2.53. The average Bonchev–Trinajstić information content (AvgIpc) is 2.74. The lowest BCUT2D eigenvalue weighted by Gasteiger charge is -2.23. The Bertz CT molecular complexity index is 689. The molecule has 0 saturated heterocycles. The fourth-order valence-electron chi connectivity index (χ4n) is 2.66. The number of nitrogens with zero attached hydrogens (tertiary/aromatic N) is 1. The zero-order chi connectivity index (χ0) is 24.6. The van der Waals surface area contributed by atoms with Crippen molar-refractivity contribution < 1.29 is 14.7 Å². The maximum atomic E-state index is 11.9. The third kappa shape index (κ3) is 23.6. The van der Waals surface area contributed by atoms with E-state index in [0.717, 1.165) is 38.5 Å². The number of hydrogen-bond donors (Lipinski definition) is 3. The molecule has 184 valence electrons. The number of carboxylic acid groups (broad SMARTS) is 1. The van der Waals surface area contributed by atoms with Crippen molar-refractivity contribution in [3.8, 4) is 0 Å².